The topological polar surface area (TPSA) is 32.3 Å². The van der Waals surface area contributed by atoms with Crippen LogP contribution in [-0.2, 0) is 23.2 Å². The zero-order chi connectivity index (χ0) is 19.7. The van der Waals surface area contributed by atoms with Crippen molar-refractivity contribution in [3.05, 3.63) is 68.2 Å². The number of rotatable bonds is 5. The molecular formula is C22H23Cl3N2O. The Labute approximate surface area is 181 Å². The lowest BCUT2D eigenvalue weighted by molar-refractivity contribution is -0.126. The van der Waals surface area contributed by atoms with Crippen LogP contribution < -0.4 is 5.32 Å². The van der Waals surface area contributed by atoms with Crippen LogP contribution in [-0.4, -0.2) is 36.9 Å². The second-order valence-corrected chi connectivity index (χ2v) is 8.97. The van der Waals surface area contributed by atoms with Gasteiger partial charge in [-0.25, -0.2) is 0 Å². The molecule has 2 aliphatic rings. The number of likely N-dealkylation sites (tertiary alicyclic amines) is 1. The number of halogens is 3. The monoisotopic (exact) mass is 436 g/mol. The van der Waals surface area contributed by atoms with Crippen molar-refractivity contribution in [2.45, 2.75) is 31.2 Å². The first-order chi connectivity index (χ1) is 13.5. The van der Waals surface area contributed by atoms with Gasteiger partial charge in [-0.1, -0.05) is 46.9 Å². The number of benzene rings is 2. The second kappa shape index (κ2) is 8.33. The molecule has 2 aromatic rings. The minimum Gasteiger partial charge on any atom is -0.301 e. The average Bonchev–Trinajstić information content (AvgIpc) is 3.18. The normalized spacial score (nSPS) is 22.2. The lowest BCUT2D eigenvalue weighted by atomic mass is 9.77. The Morgan fingerprint density at radius 1 is 1.04 bits per heavy atom. The van der Waals surface area contributed by atoms with Gasteiger partial charge in [-0.15, -0.1) is 0 Å². The number of ketones is 1. The van der Waals surface area contributed by atoms with Crippen LogP contribution in [0.15, 0.2) is 36.4 Å². The summed E-state index contributed by atoms with van der Waals surface area (Å²) in [5.74, 6) is 0.140. The summed E-state index contributed by atoms with van der Waals surface area (Å²) in [5.41, 5.74) is 2.33. The van der Waals surface area contributed by atoms with E-state index in [9.17, 15) is 4.79 Å². The summed E-state index contributed by atoms with van der Waals surface area (Å²) < 4.78 is 0. The first-order valence-electron chi connectivity index (χ1n) is 9.71. The van der Waals surface area contributed by atoms with Crippen molar-refractivity contribution in [3.8, 4) is 0 Å². The van der Waals surface area contributed by atoms with Crippen LogP contribution in [0.2, 0.25) is 15.1 Å². The van der Waals surface area contributed by atoms with E-state index in [2.05, 4.69) is 16.3 Å². The van der Waals surface area contributed by atoms with E-state index in [1.165, 1.54) is 18.4 Å². The molecule has 0 saturated carbocycles. The van der Waals surface area contributed by atoms with E-state index in [0.717, 1.165) is 37.2 Å². The highest BCUT2D eigenvalue weighted by Crippen LogP contribution is 2.35. The molecule has 6 heteroatoms. The molecule has 1 unspecified atom stereocenters. The molecule has 148 valence electrons. The maximum absolute atomic E-state index is 13.7. The van der Waals surface area contributed by atoms with Gasteiger partial charge in [0.2, 0.25) is 0 Å². The van der Waals surface area contributed by atoms with Gasteiger partial charge in [0.25, 0.3) is 0 Å². The highest BCUT2D eigenvalue weighted by atomic mass is 35.5. The number of carbonyl (C=O) groups is 1. The van der Waals surface area contributed by atoms with Crippen LogP contribution in [0.4, 0.5) is 0 Å². The molecule has 0 spiro atoms. The van der Waals surface area contributed by atoms with Crippen LogP contribution in [0.25, 0.3) is 0 Å². The number of Topliss-reactive ketones (excluding diaryl/α,β-unsaturated/α-hetero) is 1. The van der Waals surface area contributed by atoms with Crippen molar-refractivity contribution in [1.29, 1.82) is 0 Å². The molecule has 2 heterocycles. The number of nitrogens with one attached hydrogen (secondary N) is 1. The van der Waals surface area contributed by atoms with Crippen LogP contribution in [0, 0.1) is 0 Å². The summed E-state index contributed by atoms with van der Waals surface area (Å²) in [6.45, 7) is 3.49. The van der Waals surface area contributed by atoms with Crippen molar-refractivity contribution in [3.63, 3.8) is 0 Å². The Kier molecular flexibility index (Phi) is 6.01. The van der Waals surface area contributed by atoms with E-state index in [-0.39, 0.29) is 5.78 Å². The van der Waals surface area contributed by atoms with Gasteiger partial charge in [0.15, 0.2) is 5.78 Å². The fourth-order valence-electron chi connectivity index (χ4n) is 4.41. The molecule has 0 radical (unpaired) electrons. The molecule has 0 amide bonds. The second-order valence-electron chi connectivity index (χ2n) is 7.72. The molecule has 28 heavy (non-hydrogen) atoms. The van der Waals surface area contributed by atoms with Gasteiger partial charge in [-0.05, 0) is 73.3 Å². The Morgan fingerprint density at radius 2 is 1.82 bits per heavy atom. The van der Waals surface area contributed by atoms with E-state index in [1.807, 2.05) is 18.2 Å². The fourth-order valence-corrected chi connectivity index (χ4v) is 4.90. The van der Waals surface area contributed by atoms with E-state index >= 15 is 0 Å². The predicted octanol–water partition coefficient (Wildman–Crippen LogP) is 4.90. The Balaban J connectivity index is 1.72. The van der Waals surface area contributed by atoms with Gasteiger partial charge in [-0.2, -0.15) is 0 Å². The summed E-state index contributed by atoms with van der Waals surface area (Å²) >= 11 is 18.6. The van der Waals surface area contributed by atoms with Gasteiger partial charge in [0, 0.05) is 24.5 Å². The number of fused-ring (bicyclic) bond motifs is 1. The van der Waals surface area contributed by atoms with Gasteiger partial charge in [-0.3, -0.25) is 10.1 Å². The summed E-state index contributed by atoms with van der Waals surface area (Å²) in [4.78, 5) is 16.1. The number of carbonyl (C=O) groups excluding carboxylic acids is 1. The van der Waals surface area contributed by atoms with Gasteiger partial charge in [0.05, 0.1) is 10.0 Å². The maximum atomic E-state index is 13.7. The molecule has 0 aromatic heterocycles. The highest BCUT2D eigenvalue weighted by Gasteiger charge is 2.44. The third kappa shape index (κ3) is 3.96. The molecule has 1 atom stereocenters. The Morgan fingerprint density at radius 3 is 2.57 bits per heavy atom. The molecule has 2 aromatic carbocycles. The summed E-state index contributed by atoms with van der Waals surface area (Å²) in [5, 5.41) is 5.21. The van der Waals surface area contributed by atoms with Crippen LogP contribution in [0.3, 0.4) is 0 Å². The molecule has 3 nitrogen and oxygen atoms in total. The molecule has 1 saturated heterocycles. The van der Waals surface area contributed by atoms with Gasteiger partial charge >= 0.3 is 0 Å². The summed E-state index contributed by atoms with van der Waals surface area (Å²) in [6, 6.07) is 11.3. The zero-order valence-electron chi connectivity index (χ0n) is 15.6. The van der Waals surface area contributed by atoms with Gasteiger partial charge < -0.3 is 4.90 Å². The zero-order valence-corrected chi connectivity index (χ0v) is 17.9. The Hall–Kier alpha value is -1.10. The fraction of sp³-hybridized carbons (Fsp3) is 0.409. The van der Waals surface area contributed by atoms with Crippen LogP contribution >= 0.6 is 34.8 Å². The van der Waals surface area contributed by atoms with Crippen molar-refractivity contribution in [2.75, 3.05) is 26.2 Å². The minimum absolute atomic E-state index is 0.140. The molecule has 0 bridgehead atoms. The third-order valence-corrected chi connectivity index (χ3v) is 6.81. The smallest absolute Gasteiger partial charge is 0.163 e. The number of hydrogen-bond donors (Lipinski definition) is 1. The Bertz CT molecular complexity index is 895. The van der Waals surface area contributed by atoms with Gasteiger partial charge in [0.1, 0.15) is 5.54 Å². The molecular weight excluding hydrogens is 415 g/mol. The standard InChI is InChI=1S/C22H23Cl3N2O/c23-17-5-4-16-7-8-26-22(18(16)13-17,14-27-9-1-2-10-27)21(28)12-15-3-6-19(24)20(25)11-15/h3-6,11,13,26H,1-2,7-10,12,14H2. The predicted molar refractivity (Wildman–Crippen MR) is 116 cm³/mol. The molecule has 0 aliphatic carbocycles. The van der Waals surface area contributed by atoms with Crippen LogP contribution in [0.5, 0.6) is 0 Å². The largest absolute Gasteiger partial charge is 0.301 e. The first kappa shape index (κ1) is 20.2. The minimum atomic E-state index is -0.755. The first-order valence-corrected chi connectivity index (χ1v) is 10.8. The molecule has 1 fully saturated rings. The van der Waals surface area contributed by atoms with Crippen molar-refractivity contribution >= 4 is 40.6 Å². The van der Waals surface area contributed by atoms with E-state index < -0.39 is 5.54 Å². The molecule has 4 rings (SSSR count). The van der Waals surface area contributed by atoms with Crippen molar-refractivity contribution < 1.29 is 4.79 Å². The summed E-state index contributed by atoms with van der Waals surface area (Å²) in [6.07, 6.45) is 3.55. The molecule has 2 aliphatic heterocycles. The summed E-state index contributed by atoms with van der Waals surface area (Å²) in [7, 11) is 0. The molecule has 1 N–H and O–H groups in total. The SMILES string of the molecule is O=C(Cc1ccc(Cl)c(Cl)c1)C1(CN2CCCC2)NCCc2ccc(Cl)cc21. The van der Waals surface area contributed by atoms with E-state index in [0.29, 0.717) is 28.0 Å². The van der Waals surface area contributed by atoms with E-state index in [4.69, 9.17) is 34.8 Å². The lowest BCUT2D eigenvalue weighted by Gasteiger charge is -2.41. The quantitative estimate of drug-likeness (QED) is 0.722. The number of hydrogen-bond acceptors (Lipinski definition) is 3. The van der Waals surface area contributed by atoms with Crippen molar-refractivity contribution in [1.82, 2.24) is 10.2 Å². The van der Waals surface area contributed by atoms with E-state index in [1.54, 1.807) is 12.1 Å². The van der Waals surface area contributed by atoms with Crippen LogP contribution in [0.1, 0.15) is 29.5 Å². The average molecular weight is 438 g/mol. The van der Waals surface area contributed by atoms with Crippen molar-refractivity contribution in [2.24, 2.45) is 0 Å². The highest BCUT2D eigenvalue weighted by molar-refractivity contribution is 6.42. The lowest BCUT2D eigenvalue weighted by Crippen LogP contribution is -2.59. The maximum Gasteiger partial charge on any atom is 0.163 e. The number of nitrogens with zero attached hydrogens (tertiary/aromatic N) is 1. The third-order valence-electron chi connectivity index (χ3n) is 5.84.